The summed E-state index contributed by atoms with van der Waals surface area (Å²) in [6, 6.07) is 4.17. The molecule has 0 unspecified atom stereocenters. The maximum Gasteiger partial charge on any atom is 0.223 e. The predicted molar refractivity (Wildman–Crippen MR) is 64.1 cm³/mol. The van der Waals surface area contributed by atoms with Crippen molar-refractivity contribution in [2.24, 2.45) is 0 Å². The van der Waals surface area contributed by atoms with Gasteiger partial charge in [-0.05, 0) is 26.1 Å². The zero-order chi connectivity index (χ0) is 11.3. The fourth-order valence-electron chi connectivity index (χ4n) is 1.31. The Kier molecular flexibility index (Phi) is 4.78. The minimum Gasteiger partial charge on any atom is -0.341 e. The number of hydrogen-bond donors (Lipinski definition) is 1. The summed E-state index contributed by atoms with van der Waals surface area (Å²) in [5, 5.41) is 2.98. The zero-order valence-electron chi connectivity index (χ0n) is 9.54. The summed E-state index contributed by atoms with van der Waals surface area (Å²) in [5.41, 5.74) is 0. The van der Waals surface area contributed by atoms with Gasteiger partial charge in [0.2, 0.25) is 5.91 Å². The summed E-state index contributed by atoms with van der Waals surface area (Å²) in [5.74, 6) is 0.190. The molecule has 0 fully saturated rings. The second kappa shape index (κ2) is 5.88. The van der Waals surface area contributed by atoms with Gasteiger partial charge in [0.05, 0.1) is 6.54 Å². The van der Waals surface area contributed by atoms with Crippen molar-refractivity contribution in [3.8, 4) is 0 Å². The number of carbonyl (C=O) groups excluding carboxylic acids is 1. The van der Waals surface area contributed by atoms with E-state index in [-0.39, 0.29) is 5.91 Å². The maximum atomic E-state index is 11.6. The SMILES string of the molecule is CNCCC(=O)N(C)Cc1ccc(C)s1. The summed E-state index contributed by atoms with van der Waals surface area (Å²) in [6.45, 7) is 3.55. The number of aryl methyl sites for hydroxylation is 1. The van der Waals surface area contributed by atoms with Crippen molar-refractivity contribution in [3.05, 3.63) is 21.9 Å². The number of rotatable bonds is 5. The Morgan fingerprint density at radius 2 is 2.27 bits per heavy atom. The molecule has 0 aromatic carbocycles. The Labute approximate surface area is 95.1 Å². The quantitative estimate of drug-likeness (QED) is 0.827. The van der Waals surface area contributed by atoms with Crippen molar-refractivity contribution in [2.45, 2.75) is 19.9 Å². The van der Waals surface area contributed by atoms with Crippen LogP contribution in [0.5, 0.6) is 0 Å². The lowest BCUT2D eigenvalue weighted by Gasteiger charge is -2.15. The summed E-state index contributed by atoms with van der Waals surface area (Å²) in [4.78, 5) is 15.9. The lowest BCUT2D eigenvalue weighted by molar-refractivity contribution is -0.130. The van der Waals surface area contributed by atoms with Crippen molar-refractivity contribution >= 4 is 17.2 Å². The van der Waals surface area contributed by atoms with E-state index in [9.17, 15) is 4.79 Å². The lowest BCUT2D eigenvalue weighted by atomic mass is 10.3. The van der Waals surface area contributed by atoms with E-state index in [1.807, 2.05) is 14.1 Å². The highest BCUT2D eigenvalue weighted by Gasteiger charge is 2.09. The second-order valence-electron chi connectivity index (χ2n) is 3.62. The smallest absolute Gasteiger partial charge is 0.223 e. The monoisotopic (exact) mass is 226 g/mol. The minimum atomic E-state index is 0.190. The molecule has 0 radical (unpaired) electrons. The Morgan fingerprint density at radius 3 is 2.80 bits per heavy atom. The molecule has 1 N–H and O–H groups in total. The molecule has 1 aromatic rings. The van der Waals surface area contributed by atoms with E-state index in [0.717, 1.165) is 13.1 Å². The predicted octanol–water partition coefficient (Wildman–Crippen LogP) is 1.62. The fourth-order valence-corrected chi connectivity index (χ4v) is 2.26. The van der Waals surface area contributed by atoms with E-state index in [1.165, 1.54) is 9.75 Å². The van der Waals surface area contributed by atoms with E-state index < -0.39 is 0 Å². The average Bonchev–Trinajstić information content (AvgIpc) is 2.60. The van der Waals surface area contributed by atoms with E-state index >= 15 is 0 Å². The summed E-state index contributed by atoms with van der Waals surface area (Å²) >= 11 is 1.75. The van der Waals surface area contributed by atoms with Crippen molar-refractivity contribution in [3.63, 3.8) is 0 Å². The van der Waals surface area contributed by atoms with Gasteiger partial charge in [-0.25, -0.2) is 0 Å². The molecule has 0 saturated carbocycles. The lowest BCUT2D eigenvalue weighted by Crippen LogP contribution is -2.28. The summed E-state index contributed by atoms with van der Waals surface area (Å²) < 4.78 is 0. The van der Waals surface area contributed by atoms with Crippen molar-refractivity contribution in [1.29, 1.82) is 0 Å². The number of thiophene rings is 1. The molecule has 0 aliphatic rings. The molecule has 1 aromatic heterocycles. The number of carbonyl (C=O) groups is 1. The van der Waals surface area contributed by atoms with Crippen molar-refractivity contribution < 1.29 is 4.79 Å². The van der Waals surface area contributed by atoms with Gasteiger partial charge in [0, 0.05) is 29.8 Å². The first kappa shape index (κ1) is 12.2. The van der Waals surface area contributed by atoms with Crippen LogP contribution >= 0.6 is 11.3 Å². The highest BCUT2D eigenvalue weighted by molar-refractivity contribution is 7.11. The average molecular weight is 226 g/mol. The Bertz CT molecular complexity index is 322. The standard InChI is InChI=1S/C11H18N2OS/c1-9-4-5-10(15-9)8-13(3)11(14)6-7-12-2/h4-5,12H,6-8H2,1-3H3. The third-order valence-corrected chi connectivity index (χ3v) is 3.19. The van der Waals surface area contributed by atoms with Crippen LogP contribution in [0, 0.1) is 6.92 Å². The van der Waals surface area contributed by atoms with Gasteiger partial charge in [0.25, 0.3) is 0 Å². The molecular weight excluding hydrogens is 208 g/mol. The Balaban J connectivity index is 2.41. The van der Waals surface area contributed by atoms with Crippen molar-refractivity contribution in [2.75, 3.05) is 20.6 Å². The number of nitrogens with zero attached hydrogens (tertiary/aromatic N) is 1. The Morgan fingerprint density at radius 1 is 1.53 bits per heavy atom. The second-order valence-corrected chi connectivity index (χ2v) is 4.99. The number of hydrogen-bond acceptors (Lipinski definition) is 3. The molecule has 1 amide bonds. The first-order valence-corrected chi connectivity index (χ1v) is 5.89. The largest absolute Gasteiger partial charge is 0.341 e. The molecular formula is C11H18N2OS. The molecule has 15 heavy (non-hydrogen) atoms. The van der Waals surface area contributed by atoms with Gasteiger partial charge in [-0.2, -0.15) is 0 Å². The molecule has 0 spiro atoms. The first-order chi connectivity index (χ1) is 7.13. The van der Waals surface area contributed by atoms with Gasteiger partial charge < -0.3 is 10.2 Å². The molecule has 0 aliphatic carbocycles. The molecule has 0 aliphatic heterocycles. The van der Waals surface area contributed by atoms with Gasteiger partial charge in [-0.3, -0.25) is 4.79 Å². The molecule has 84 valence electrons. The fraction of sp³-hybridized carbons (Fsp3) is 0.545. The van der Waals surface area contributed by atoms with Crippen LogP contribution in [0.4, 0.5) is 0 Å². The normalized spacial score (nSPS) is 10.3. The van der Waals surface area contributed by atoms with E-state index in [4.69, 9.17) is 0 Å². The third kappa shape index (κ3) is 4.01. The van der Waals surface area contributed by atoms with Gasteiger partial charge in [-0.15, -0.1) is 11.3 Å². The highest BCUT2D eigenvalue weighted by Crippen LogP contribution is 2.16. The molecule has 0 saturated heterocycles. The first-order valence-electron chi connectivity index (χ1n) is 5.07. The van der Waals surface area contributed by atoms with Gasteiger partial charge in [-0.1, -0.05) is 0 Å². The molecule has 3 nitrogen and oxygen atoms in total. The van der Waals surface area contributed by atoms with Crippen LogP contribution in [0.15, 0.2) is 12.1 Å². The topological polar surface area (TPSA) is 32.3 Å². The number of nitrogens with one attached hydrogen (secondary N) is 1. The van der Waals surface area contributed by atoms with Gasteiger partial charge >= 0.3 is 0 Å². The van der Waals surface area contributed by atoms with Crippen molar-refractivity contribution in [1.82, 2.24) is 10.2 Å². The van der Waals surface area contributed by atoms with Crippen LogP contribution in [0.25, 0.3) is 0 Å². The molecule has 0 atom stereocenters. The van der Waals surface area contributed by atoms with E-state index in [2.05, 4.69) is 24.4 Å². The zero-order valence-corrected chi connectivity index (χ0v) is 10.4. The van der Waals surface area contributed by atoms with Crippen LogP contribution in [-0.4, -0.2) is 31.4 Å². The molecule has 4 heteroatoms. The van der Waals surface area contributed by atoms with Crippen LogP contribution in [0.3, 0.4) is 0 Å². The van der Waals surface area contributed by atoms with Crippen LogP contribution in [0.2, 0.25) is 0 Å². The van der Waals surface area contributed by atoms with E-state index in [1.54, 1.807) is 16.2 Å². The van der Waals surface area contributed by atoms with Crippen LogP contribution in [-0.2, 0) is 11.3 Å². The van der Waals surface area contributed by atoms with Crippen LogP contribution in [0.1, 0.15) is 16.2 Å². The molecule has 1 rings (SSSR count). The third-order valence-electron chi connectivity index (χ3n) is 2.20. The van der Waals surface area contributed by atoms with E-state index in [0.29, 0.717) is 6.42 Å². The number of amides is 1. The van der Waals surface area contributed by atoms with Gasteiger partial charge in [0.1, 0.15) is 0 Å². The minimum absolute atomic E-state index is 0.190. The molecule has 0 bridgehead atoms. The summed E-state index contributed by atoms with van der Waals surface area (Å²) in [7, 11) is 3.71. The molecule has 1 heterocycles. The van der Waals surface area contributed by atoms with Crippen LogP contribution < -0.4 is 5.32 Å². The summed E-state index contributed by atoms with van der Waals surface area (Å²) in [6.07, 6.45) is 0.567. The Hall–Kier alpha value is -0.870. The highest BCUT2D eigenvalue weighted by atomic mass is 32.1. The maximum absolute atomic E-state index is 11.6. The van der Waals surface area contributed by atoms with Gasteiger partial charge in [0.15, 0.2) is 0 Å².